The van der Waals surface area contributed by atoms with Gasteiger partial charge in [0.25, 0.3) is 5.91 Å². The standard InChI is InChI=1S/C18H19NOS/c1-21-17-12-5-4-10-15(17)18(20)19-16-11-6-8-13-7-2-3-9-14(13)16/h2-5,7,9-10,12,16H,6,8,11H2,1H3,(H,19,20)/t16-/m0/s1. The predicted molar refractivity (Wildman–Crippen MR) is 87.8 cm³/mol. The number of hydrogen-bond acceptors (Lipinski definition) is 2. The van der Waals surface area contributed by atoms with E-state index in [9.17, 15) is 4.79 Å². The van der Waals surface area contributed by atoms with Crippen molar-refractivity contribution in [2.45, 2.75) is 30.2 Å². The maximum atomic E-state index is 12.6. The first-order valence-corrected chi connectivity index (χ1v) is 8.54. The van der Waals surface area contributed by atoms with Gasteiger partial charge in [-0.1, -0.05) is 36.4 Å². The van der Waals surface area contributed by atoms with Crippen molar-refractivity contribution in [3.63, 3.8) is 0 Å². The Labute approximate surface area is 130 Å². The van der Waals surface area contributed by atoms with Gasteiger partial charge in [0.2, 0.25) is 0 Å². The van der Waals surface area contributed by atoms with Crippen molar-refractivity contribution in [1.29, 1.82) is 0 Å². The highest BCUT2D eigenvalue weighted by Crippen LogP contribution is 2.30. The Morgan fingerprint density at radius 2 is 1.90 bits per heavy atom. The molecule has 1 N–H and O–H groups in total. The second kappa shape index (κ2) is 6.35. The molecule has 0 fully saturated rings. The van der Waals surface area contributed by atoms with E-state index >= 15 is 0 Å². The van der Waals surface area contributed by atoms with Gasteiger partial charge in [0.05, 0.1) is 11.6 Å². The molecule has 21 heavy (non-hydrogen) atoms. The molecule has 0 aliphatic heterocycles. The number of carbonyl (C=O) groups is 1. The van der Waals surface area contributed by atoms with Crippen LogP contribution in [-0.2, 0) is 6.42 Å². The summed E-state index contributed by atoms with van der Waals surface area (Å²) in [6.45, 7) is 0. The van der Waals surface area contributed by atoms with Crippen molar-refractivity contribution in [3.05, 3.63) is 65.2 Å². The fourth-order valence-electron chi connectivity index (χ4n) is 2.97. The second-order valence-electron chi connectivity index (χ2n) is 5.32. The van der Waals surface area contributed by atoms with Crippen LogP contribution in [0.2, 0.25) is 0 Å². The van der Waals surface area contributed by atoms with Crippen molar-refractivity contribution in [1.82, 2.24) is 5.32 Å². The van der Waals surface area contributed by atoms with E-state index < -0.39 is 0 Å². The third-order valence-corrected chi connectivity index (χ3v) is 4.82. The lowest BCUT2D eigenvalue weighted by molar-refractivity contribution is 0.0930. The molecule has 2 aromatic rings. The molecule has 0 bridgehead atoms. The van der Waals surface area contributed by atoms with Gasteiger partial charge in [-0.05, 0) is 48.8 Å². The molecule has 0 radical (unpaired) electrons. The van der Waals surface area contributed by atoms with Gasteiger partial charge in [-0.2, -0.15) is 0 Å². The van der Waals surface area contributed by atoms with E-state index in [0.29, 0.717) is 0 Å². The van der Waals surface area contributed by atoms with Crippen LogP contribution in [-0.4, -0.2) is 12.2 Å². The highest BCUT2D eigenvalue weighted by atomic mass is 32.2. The largest absolute Gasteiger partial charge is 0.345 e. The highest BCUT2D eigenvalue weighted by Gasteiger charge is 2.22. The van der Waals surface area contributed by atoms with Gasteiger partial charge in [0.1, 0.15) is 0 Å². The van der Waals surface area contributed by atoms with Gasteiger partial charge >= 0.3 is 0 Å². The predicted octanol–water partition coefficient (Wildman–Crippen LogP) is 4.22. The van der Waals surface area contributed by atoms with Gasteiger partial charge in [-0.3, -0.25) is 4.79 Å². The second-order valence-corrected chi connectivity index (χ2v) is 6.17. The summed E-state index contributed by atoms with van der Waals surface area (Å²) in [6, 6.07) is 16.4. The number of amides is 1. The maximum absolute atomic E-state index is 12.6. The summed E-state index contributed by atoms with van der Waals surface area (Å²) in [6.07, 6.45) is 5.27. The van der Waals surface area contributed by atoms with Crippen LogP contribution < -0.4 is 5.32 Å². The third kappa shape index (κ3) is 2.98. The molecule has 1 aliphatic carbocycles. The number of benzene rings is 2. The highest BCUT2D eigenvalue weighted by molar-refractivity contribution is 7.98. The van der Waals surface area contributed by atoms with E-state index in [1.165, 1.54) is 11.1 Å². The van der Waals surface area contributed by atoms with Crippen molar-refractivity contribution in [2.75, 3.05) is 6.26 Å². The smallest absolute Gasteiger partial charge is 0.252 e. The maximum Gasteiger partial charge on any atom is 0.252 e. The fourth-order valence-corrected chi connectivity index (χ4v) is 3.57. The van der Waals surface area contributed by atoms with Crippen molar-refractivity contribution in [2.24, 2.45) is 0 Å². The van der Waals surface area contributed by atoms with Gasteiger partial charge in [-0.15, -0.1) is 11.8 Å². The zero-order valence-electron chi connectivity index (χ0n) is 12.1. The zero-order chi connectivity index (χ0) is 14.7. The molecule has 2 nitrogen and oxygen atoms in total. The summed E-state index contributed by atoms with van der Waals surface area (Å²) < 4.78 is 0. The van der Waals surface area contributed by atoms with Gasteiger partial charge < -0.3 is 5.32 Å². The normalized spacial score (nSPS) is 17.1. The summed E-state index contributed by atoms with van der Waals surface area (Å²) in [5, 5.41) is 3.21. The molecule has 1 atom stereocenters. The van der Waals surface area contributed by atoms with E-state index in [1.54, 1.807) is 11.8 Å². The number of rotatable bonds is 3. The average Bonchev–Trinajstić information content (AvgIpc) is 2.55. The van der Waals surface area contributed by atoms with Crippen LogP contribution >= 0.6 is 11.8 Å². The summed E-state index contributed by atoms with van der Waals surface area (Å²) >= 11 is 1.61. The number of carbonyl (C=O) groups excluding carboxylic acids is 1. The molecular formula is C18H19NOS. The third-order valence-electron chi connectivity index (χ3n) is 4.03. The van der Waals surface area contributed by atoms with Crippen LogP contribution in [0.1, 0.15) is 40.4 Å². The Morgan fingerprint density at radius 1 is 1.14 bits per heavy atom. The molecule has 3 rings (SSSR count). The lowest BCUT2D eigenvalue weighted by Crippen LogP contribution is -2.31. The van der Waals surface area contributed by atoms with E-state index in [-0.39, 0.29) is 11.9 Å². The minimum Gasteiger partial charge on any atom is -0.345 e. The Bertz CT molecular complexity index is 653. The molecule has 1 aliphatic rings. The van der Waals surface area contributed by atoms with Crippen LogP contribution in [0.5, 0.6) is 0 Å². The van der Waals surface area contributed by atoms with Gasteiger partial charge in [0, 0.05) is 4.90 Å². The van der Waals surface area contributed by atoms with E-state index in [4.69, 9.17) is 0 Å². The number of aryl methyl sites for hydroxylation is 1. The Balaban J connectivity index is 1.83. The van der Waals surface area contributed by atoms with Crippen LogP contribution in [0.25, 0.3) is 0 Å². The summed E-state index contributed by atoms with van der Waals surface area (Å²) in [4.78, 5) is 13.6. The van der Waals surface area contributed by atoms with Crippen LogP contribution in [0, 0.1) is 0 Å². The first-order chi connectivity index (χ1) is 10.3. The molecule has 0 unspecified atom stereocenters. The Hall–Kier alpha value is -1.74. The molecule has 3 heteroatoms. The van der Waals surface area contributed by atoms with Crippen molar-refractivity contribution >= 4 is 17.7 Å². The van der Waals surface area contributed by atoms with Crippen molar-refractivity contribution in [3.8, 4) is 0 Å². The van der Waals surface area contributed by atoms with Crippen LogP contribution in [0.3, 0.4) is 0 Å². The number of nitrogens with one attached hydrogen (secondary N) is 1. The Kier molecular flexibility index (Phi) is 4.30. The first-order valence-electron chi connectivity index (χ1n) is 7.31. The van der Waals surface area contributed by atoms with E-state index in [0.717, 1.165) is 29.7 Å². The number of hydrogen-bond donors (Lipinski definition) is 1. The Morgan fingerprint density at radius 3 is 2.76 bits per heavy atom. The molecule has 0 spiro atoms. The topological polar surface area (TPSA) is 29.1 Å². The monoisotopic (exact) mass is 297 g/mol. The van der Waals surface area contributed by atoms with Crippen LogP contribution in [0.4, 0.5) is 0 Å². The molecule has 2 aromatic carbocycles. The van der Waals surface area contributed by atoms with Gasteiger partial charge in [0.15, 0.2) is 0 Å². The van der Waals surface area contributed by atoms with E-state index in [2.05, 4.69) is 29.6 Å². The molecular weight excluding hydrogens is 278 g/mol. The quantitative estimate of drug-likeness (QED) is 0.860. The van der Waals surface area contributed by atoms with E-state index in [1.807, 2.05) is 30.5 Å². The van der Waals surface area contributed by atoms with Gasteiger partial charge in [-0.25, -0.2) is 0 Å². The molecule has 0 saturated carbocycles. The van der Waals surface area contributed by atoms with Crippen LogP contribution in [0.15, 0.2) is 53.4 Å². The fraction of sp³-hybridized carbons (Fsp3) is 0.278. The SMILES string of the molecule is CSc1ccccc1C(=O)N[C@H]1CCCc2ccccc21. The summed E-state index contributed by atoms with van der Waals surface area (Å²) in [5.74, 6) is 0.0293. The molecule has 1 amide bonds. The number of thioether (sulfide) groups is 1. The summed E-state index contributed by atoms with van der Waals surface area (Å²) in [7, 11) is 0. The zero-order valence-corrected chi connectivity index (χ0v) is 13.0. The average molecular weight is 297 g/mol. The molecule has 0 saturated heterocycles. The molecule has 0 aromatic heterocycles. The number of fused-ring (bicyclic) bond motifs is 1. The lowest BCUT2D eigenvalue weighted by atomic mass is 9.87. The minimum atomic E-state index is 0.0293. The molecule has 0 heterocycles. The summed E-state index contributed by atoms with van der Waals surface area (Å²) in [5.41, 5.74) is 3.42. The lowest BCUT2D eigenvalue weighted by Gasteiger charge is -2.26. The first kappa shape index (κ1) is 14.2. The molecule has 108 valence electrons. The minimum absolute atomic E-state index is 0.0293. The van der Waals surface area contributed by atoms with Crippen molar-refractivity contribution < 1.29 is 4.79 Å².